The van der Waals surface area contributed by atoms with Crippen molar-refractivity contribution in [3.05, 3.63) is 81.1 Å². The number of anilines is 1. The van der Waals surface area contributed by atoms with Gasteiger partial charge >= 0.3 is 0 Å². The Morgan fingerprint density at radius 2 is 1.48 bits per heavy atom. The first-order valence-corrected chi connectivity index (χ1v) is 8.27. The van der Waals surface area contributed by atoms with E-state index in [2.05, 4.69) is 5.32 Å². The highest BCUT2D eigenvalue weighted by Crippen LogP contribution is 2.26. The second kappa shape index (κ2) is 6.30. The van der Waals surface area contributed by atoms with E-state index in [9.17, 15) is 14.4 Å². The minimum Gasteiger partial charge on any atom is -0.457 e. The van der Waals surface area contributed by atoms with E-state index in [1.54, 1.807) is 48.5 Å². The zero-order valence-corrected chi connectivity index (χ0v) is 14.5. The summed E-state index contributed by atoms with van der Waals surface area (Å²) in [6, 6.07) is 14.6. The lowest BCUT2D eigenvalue weighted by Gasteiger charge is -2.12. The first kappa shape index (κ1) is 16.9. The van der Waals surface area contributed by atoms with E-state index in [1.165, 1.54) is 4.57 Å². The first-order valence-electron chi connectivity index (χ1n) is 7.89. The topological polar surface area (TPSA) is 103 Å². The maximum atomic E-state index is 12.4. The Bertz CT molecular complexity index is 1140. The van der Waals surface area contributed by atoms with Crippen LogP contribution in [0.4, 0.5) is 5.82 Å². The molecule has 1 aliphatic rings. The van der Waals surface area contributed by atoms with Gasteiger partial charge in [-0.3, -0.25) is 24.3 Å². The number of nitrogens with zero attached hydrogens (tertiary/aromatic N) is 1. The van der Waals surface area contributed by atoms with E-state index >= 15 is 0 Å². The fraction of sp³-hybridized carbons (Fsp3) is 0. The predicted molar refractivity (Wildman–Crippen MR) is 99.8 cm³/mol. The summed E-state index contributed by atoms with van der Waals surface area (Å²) in [6.45, 7) is 0. The van der Waals surface area contributed by atoms with Gasteiger partial charge in [-0.25, -0.2) is 0 Å². The van der Waals surface area contributed by atoms with Crippen LogP contribution < -0.4 is 21.3 Å². The largest absolute Gasteiger partial charge is 0.457 e. The van der Waals surface area contributed by atoms with Crippen molar-refractivity contribution >= 4 is 29.2 Å². The Balaban J connectivity index is 1.70. The third-order valence-corrected chi connectivity index (χ3v) is 4.35. The molecule has 0 saturated carbocycles. The third kappa shape index (κ3) is 2.94. The van der Waals surface area contributed by atoms with Gasteiger partial charge in [0.05, 0.1) is 16.8 Å². The molecule has 3 N–H and O–H groups in total. The standard InChI is InChI=1S/C19H12ClN3O4/c20-10-1-5-12(6-2-10)27-13-7-3-11(4-8-13)23-15(24)9-14-16(17(23)21)19(26)22-18(14)25/h1-9H,21H2,(H,22,25,26). The number of aromatic nitrogens is 1. The molecule has 2 amide bonds. The van der Waals surface area contributed by atoms with Crippen molar-refractivity contribution in [1.82, 2.24) is 9.88 Å². The molecule has 8 heteroatoms. The minimum absolute atomic E-state index is 0.00101. The third-order valence-electron chi connectivity index (χ3n) is 4.10. The molecule has 27 heavy (non-hydrogen) atoms. The number of nitrogen functional groups attached to an aromatic ring is 1. The van der Waals surface area contributed by atoms with Crippen LogP contribution in [0.1, 0.15) is 20.7 Å². The molecule has 2 heterocycles. The van der Waals surface area contributed by atoms with Gasteiger partial charge in [0.2, 0.25) is 0 Å². The number of hydrogen-bond donors (Lipinski definition) is 2. The van der Waals surface area contributed by atoms with Gasteiger partial charge in [0.15, 0.2) is 0 Å². The van der Waals surface area contributed by atoms with Gasteiger partial charge in [-0.2, -0.15) is 0 Å². The molecule has 0 atom stereocenters. The Labute approximate surface area is 157 Å². The maximum absolute atomic E-state index is 12.4. The number of imide groups is 1. The monoisotopic (exact) mass is 381 g/mol. The number of halogens is 1. The number of nitrogens with two attached hydrogens (primary N) is 1. The molecule has 4 rings (SSSR count). The summed E-state index contributed by atoms with van der Waals surface area (Å²) < 4.78 is 6.87. The molecule has 0 bridgehead atoms. The zero-order valence-electron chi connectivity index (χ0n) is 13.7. The lowest BCUT2D eigenvalue weighted by Crippen LogP contribution is -2.24. The van der Waals surface area contributed by atoms with Gasteiger partial charge in [-0.05, 0) is 48.5 Å². The van der Waals surface area contributed by atoms with E-state index in [4.69, 9.17) is 22.1 Å². The second-order valence-electron chi connectivity index (χ2n) is 5.83. The number of carbonyl (C=O) groups is 2. The number of hydrogen-bond acceptors (Lipinski definition) is 5. The normalized spacial score (nSPS) is 12.6. The van der Waals surface area contributed by atoms with Gasteiger partial charge in [-0.1, -0.05) is 11.6 Å². The van der Waals surface area contributed by atoms with Gasteiger partial charge in [-0.15, -0.1) is 0 Å². The van der Waals surface area contributed by atoms with Crippen molar-refractivity contribution in [3.63, 3.8) is 0 Å². The van der Waals surface area contributed by atoms with Crippen molar-refractivity contribution in [2.45, 2.75) is 0 Å². The molecule has 0 spiro atoms. The number of ether oxygens (including phenoxy) is 1. The van der Waals surface area contributed by atoms with Crippen LogP contribution in [0, 0.1) is 0 Å². The Morgan fingerprint density at radius 1 is 0.889 bits per heavy atom. The highest BCUT2D eigenvalue weighted by molar-refractivity contribution is 6.30. The number of benzene rings is 2. The van der Waals surface area contributed by atoms with Crippen molar-refractivity contribution in [3.8, 4) is 17.2 Å². The zero-order chi connectivity index (χ0) is 19.1. The number of rotatable bonds is 3. The summed E-state index contributed by atoms with van der Waals surface area (Å²) >= 11 is 5.84. The summed E-state index contributed by atoms with van der Waals surface area (Å²) in [5, 5.41) is 2.73. The van der Waals surface area contributed by atoms with Crippen LogP contribution in [-0.4, -0.2) is 16.4 Å². The van der Waals surface area contributed by atoms with Crippen molar-refractivity contribution in [2.24, 2.45) is 0 Å². The lowest BCUT2D eigenvalue weighted by molar-refractivity contribution is 0.0880. The number of pyridine rings is 1. The van der Waals surface area contributed by atoms with Gasteiger partial charge in [0, 0.05) is 11.1 Å². The molecule has 0 saturated heterocycles. The smallest absolute Gasteiger partial charge is 0.262 e. The van der Waals surface area contributed by atoms with E-state index in [0.717, 1.165) is 6.07 Å². The SMILES string of the molecule is Nc1c2c(cc(=O)n1-c1ccc(Oc3ccc(Cl)cc3)cc1)C(=O)NC2=O. The fourth-order valence-electron chi connectivity index (χ4n) is 2.85. The number of fused-ring (bicyclic) bond motifs is 1. The van der Waals surface area contributed by atoms with Crippen LogP contribution >= 0.6 is 11.6 Å². The molecule has 0 unspecified atom stereocenters. The average molecular weight is 382 g/mol. The number of carbonyl (C=O) groups excluding carboxylic acids is 2. The number of amides is 2. The van der Waals surface area contributed by atoms with Crippen molar-refractivity contribution in [1.29, 1.82) is 0 Å². The minimum atomic E-state index is -0.627. The summed E-state index contributed by atoms with van der Waals surface area (Å²) in [4.78, 5) is 36.0. The summed E-state index contributed by atoms with van der Waals surface area (Å²) in [5.74, 6) is -0.188. The highest BCUT2D eigenvalue weighted by atomic mass is 35.5. The van der Waals surface area contributed by atoms with Gasteiger partial charge in [0.25, 0.3) is 17.4 Å². The molecule has 1 aliphatic heterocycles. The van der Waals surface area contributed by atoms with Crippen LogP contribution in [0.15, 0.2) is 59.4 Å². The van der Waals surface area contributed by atoms with Crippen LogP contribution in [0.5, 0.6) is 11.5 Å². The highest BCUT2D eigenvalue weighted by Gasteiger charge is 2.31. The van der Waals surface area contributed by atoms with E-state index in [1.807, 2.05) is 0 Å². The van der Waals surface area contributed by atoms with Crippen LogP contribution in [0.2, 0.25) is 5.02 Å². The molecule has 0 aliphatic carbocycles. The molecule has 134 valence electrons. The molecule has 2 aromatic carbocycles. The molecular formula is C19H12ClN3O4. The Kier molecular flexibility index (Phi) is 3.93. The number of nitrogens with one attached hydrogen (secondary N) is 1. The van der Waals surface area contributed by atoms with Crippen LogP contribution in [-0.2, 0) is 0 Å². The molecule has 1 aromatic heterocycles. The van der Waals surface area contributed by atoms with Crippen molar-refractivity contribution < 1.29 is 14.3 Å². The molecular weight excluding hydrogens is 370 g/mol. The summed E-state index contributed by atoms with van der Waals surface area (Å²) in [7, 11) is 0. The van der Waals surface area contributed by atoms with Gasteiger partial charge in [0.1, 0.15) is 17.3 Å². The van der Waals surface area contributed by atoms with Crippen LogP contribution in [0.25, 0.3) is 5.69 Å². The molecule has 3 aromatic rings. The molecule has 7 nitrogen and oxygen atoms in total. The summed E-state index contributed by atoms with van der Waals surface area (Å²) in [5.41, 5.74) is 5.92. The average Bonchev–Trinajstić information content (AvgIpc) is 2.92. The van der Waals surface area contributed by atoms with Crippen molar-refractivity contribution in [2.75, 3.05) is 5.73 Å². The lowest BCUT2D eigenvalue weighted by atomic mass is 10.1. The second-order valence-corrected chi connectivity index (χ2v) is 6.26. The van der Waals surface area contributed by atoms with E-state index < -0.39 is 17.4 Å². The Hall–Kier alpha value is -3.58. The molecule has 0 fully saturated rings. The Morgan fingerprint density at radius 3 is 2.11 bits per heavy atom. The van der Waals surface area contributed by atoms with Gasteiger partial charge < -0.3 is 10.5 Å². The predicted octanol–water partition coefficient (Wildman–Crippen LogP) is 2.75. The quantitative estimate of drug-likeness (QED) is 0.679. The first-order chi connectivity index (χ1) is 12.9. The fourth-order valence-corrected chi connectivity index (χ4v) is 2.97. The van der Waals surface area contributed by atoms with E-state index in [0.29, 0.717) is 22.2 Å². The maximum Gasteiger partial charge on any atom is 0.262 e. The van der Waals surface area contributed by atoms with E-state index in [-0.39, 0.29) is 16.9 Å². The summed E-state index contributed by atoms with van der Waals surface area (Å²) in [6.07, 6.45) is 0. The molecule has 0 radical (unpaired) electrons. The van der Waals surface area contributed by atoms with Crippen LogP contribution in [0.3, 0.4) is 0 Å².